The number of imide groups is 1. The zero-order valence-corrected chi connectivity index (χ0v) is 18.9. The van der Waals surface area contributed by atoms with Crippen LogP contribution in [0.5, 0.6) is 11.5 Å². The number of carbonyl (C=O) groups excluding carboxylic acids is 3. The lowest BCUT2D eigenvalue weighted by molar-refractivity contribution is -0.145. The van der Waals surface area contributed by atoms with E-state index < -0.39 is 29.3 Å². The van der Waals surface area contributed by atoms with Gasteiger partial charge < -0.3 is 15.5 Å². The van der Waals surface area contributed by atoms with Crippen molar-refractivity contribution in [3.63, 3.8) is 0 Å². The molecule has 4 N–H and O–H groups in total. The van der Waals surface area contributed by atoms with Gasteiger partial charge in [-0.15, -0.1) is 0 Å². The van der Waals surface area contributed by atoms with Gasteiger partial charge in [-0.3, -0.25) is 24.6 Å². The van der Waals surface area contributed by atoms with Gasteiger partial charge in [0.2, 0.25) is 17.7 Å². The van der Waals surface area contributed by atoms with Crippen molar-refractivity contribution in [3.8, 4) is 11.5 Å². The number of likely N-dealkylation sites (tertiary alicyclic amines) is 1. The van der Waals surface area contributed by atoms with Gasteiger partial charge in [-0.2, -0.15) is 0 Å². The van der Waals surface area contributed by atoms with Gasteiger partial charge in [0.1, 0.15) is 5.54 Å². The van der Waals surface area contributed by atoms with Crippen molar-refractivity contribution in [2.24, 2.45) is 11.8 Å². The number of rotatable bonds is 4. The SMILES string of the molecule is CCC(C)N1C(=O)C2C(Cc3ccc(O)c(O)c3)NC3(C(=O)Nc4c(Cl)cccc43)C2C1=O. The quantitative estimate of drug-likeness (QED) is 0.403. The standard InChI is InChI=1S/C24H24ClN3O5/c1-3-11(2)28-21(31)18-15(9-12-7-8-16(29)17(30)10-12)27-24(19(18)22(28)32)13-5-4-6-14(25)20(13)26-23(24)33/h4-8,10-11,15,18-19,27,29-30H,3,9H2,1-2H3,(H,26,33). The second-order valence-electron chi connectivity index (χ2n) is 9.01. The maximum Gasteiger partial charge on any atom is 0.250 e. The number of hydrogen-bond acceptors (Lipinski definition) is 6. The molecule has 2 fully saturated rings. The van der Waals surface area contributed by atoms with Crippen LogP contribution in [0.1, 0.15) is 31.4 Å². The molecule has 2 aromatic rings. The summed E-state index contributed by atoms with van der Waals surface area (Å²) in [5.41, 5.74) is 0.230. The van der Waals surface area contributed by atoms with Gasteiger partial charge in [-0.05, 0) is 43.5 Å². The Labute approximate surface area is 195 Å². The monoisotopic (exact) mass is 469 g/mol. The molecule has 3 amide bonds. The second-order valence-corrected chi connectivity index (χ2v) is 9.42. The number of anilines is 1. The molecule has 3 aliphatic rings. The van der Waals surface area contributed by atoms with Gasteiger partial charge in [0.15, 0.2) is 11.5 Å². The van der Waals surface area contributed by atoms with E-state index in [1.807, 2.05) is 13.8 Å². The van der Waals surface area contributed by atoms with Gasteiger partial charge in [-0.25, -0.2) is 0 Å². The van der Waals surface area contributed by atoms with Crippen molar-refractivity contribution in [3.05, 3.63) is 52.5 Å². The Balaban J connectivity index is 1.64. The van der Waals surface area contributed by atoms with E-state index >= 15 is 0 Å². The number of benzene rings is 2. The minimum atomic E-state index is -1.43. The Morgan fingerprint density at radius 1 is 1.12 bits per heavy atom. The molecule has 0 bridgehead atoms. The summed E-state index contributed by atoms with van der Waals surface area (Å²) >= 11 is 6.35. The molecule has 8 nitrogen and oxygen atoms in total. The first kappa shape index (κ1) is 21.7. The summed E-state index contributed by atoms with van der Waals surface area (Å²) in [4.78, 5) is 42.0. The molecule has 5 rings (SSSR count). The molecule has 0 aromatic heterocycles. The van der Waals surface area contributed by atoms with Crippen LogP contribution in [0.3, 0.4) is 0 Å². The average Bonchev–Trinajstić information content (AvgIpc) is 3.36. The van der Waals surface area contributed by atoms with Crippen molar-refractivity contribution >= 4 is 35.0 Å². The fraction of sp³-hybridized carbons (Fsp3) is 0.375. The van der Waals surface area contributed by atoms with Gasteiger partial charge >= 0.3 is 0 Å². The molecule has 172 valence electrons. The highest BCUT2D eigenvalue weighted by Gasteiger charge is 2.70. The predicted octanol–water partition coefficient (Wildman–Crippen LogP) is 2.51. The number of halogens is 1. The van der Waals surface area contributed by atoms with E-state index in [4.69, 9.17) is 11.6 Å². The smallest absolute Gasteiger partial charge is 0.250 e. The van der Waals surface area contributed by atoms with Gasteiger partial charge in [0.25, 0.3) is 0 Å². The van der Waals surface area contributed by atoms with Crippen LogP contribution in [0, 0.1) is 11.8 Å². The number of phenolic OH excluding ortho intramolecular Hbond substituents is 2. The van der Waals surface area contributed by atoms with Crippen LogP contribution in [0.25, 0.3) is 0 Å². The third kappa shape index (κ3) is 2.90. The minimum Gasteiger partial charge on any atom is -0.504 e. The summed E-state index contributed by atoms with van der Waals surface area (Å²) in [5.74, 6) is -3.30. The van der Waals surface area contributed by atoms with E-state index in [9.17, 15) is 24.6 Å². The van der Waals surface area contributed by atoms with Crippen molar-refractivity contribution in [1.29, 1.82) is 0 Å². The van der Waals surface area contributed by atoms with E-state index in [2.05, 4.69) is 10.6 Å². The molecular formula is C24H24ClN3O5. The van der Waals surface area contributed by atoms with Crippen LogP contribution in [-0.4, -0.2) is 44.9 Å². The largest absolute Gasteiger partial charge is 0.504 e. The first-order valence-corrected chi connectivity index (χ1v) is 11.3. The van der Waals surface area contributed by atoms with Crippen LogP contribution < -0.4 is 10.6 Å². The summed E-state index contributed by atoms with van der Waals surface area (Å²) in [7, 11) is 0. The fourth-order valence-corrected chi connectivity index (χ4v) is 5.78. The first-order valence-electron chi connectivity index (χ1n) is 11.0. The third-order valence-electron chi connectivity index (χ3n) is 7.26. The molecule has 2 aromatic carbocycles. The Hall–Kier alpha value is -3.10. The molecule has 5 unspecified atom stereocenters. The summed E-state index contributed by atoms with van der Waals surface area (Å²) < 4.78 is 0. The highest BCUT2D eigenvalue weighted by Crippen LogP contribution is 2.54. The molecule has 3 aliphatic heterocycles. The van der Waals surface area contributed by atoms with E-state index in [1.54, 1.807) is 24.3 Å². The van der Waals surface area contributed by atoms with Crippen molar-refractivity contribution in [1.82, 2.24) is 10.2 Å². The maximum absolute atomic E-state index is 13.7. The van der Waals surface area contributed by atoms with Crippen molar-refractivity contribution < 1.29 is 24.6 Å². The third-order valence-corrected chi connectivity index (χ3v) is 7.58. The number of hydrogen-bond donors (Lipinski definition) is 4. The molecule has 1 spiro atoms. The minimum absolute atomic E-state index is 0.249. The lowest BCUT2D eigenvalue weighted by atomic mass is 9.76. The normalized spacial score (nSPS) is 28.9. The topological polar surface area (TPSA) is 119 Å². The molecule has 0 radical (unpaired) electrons. The lowest BCUT2D eigenvalue weighted by Gasteiger charge is -2.31. The highest BCUT2D eigenvalue weighted by atomic mass is 35.5. The molecule has 0 aliphatic carbocycles. The maximum atomic E-state index is 13.7. The highest BCUT2D eigenvalue weighted by molar-refractivity contribution is 6.35. The van der Waals surface area contributed by atoms with Crippen LogP contribution in [0.15, 0.2) is 36.4 Å². The van der Waals surface area contributed by atoms with Crippen molar-refractivity contribution in [2.75, 3.05) is 5.32 Å². The van der Waals surface area contributed by atoms with Crippen LogP contribution in [0.2, 0.25) is 5.02 Å². The summed E-state index contributed by atoms with van der Waals surface area (Å²) in [6, 6.07) is 8.72. The lowest BCUT2D eigenvalue weighted by Crippen LogP contribution is -2.54. The second kappa shape index (κ2) is 7.46. The van der Waals surface area contributed by atoms with Crippen LogP contribution in [-0.2, 0) is 26.3 Å². The number of para-hydroxylation sites is 1. The first-order chi connectivity index (χ1) is 15.7. The van der Waals surface area contributed by atoms with Gasteiger partial charge in [-0.1, -0.05) is 36.7 Å². The van der Waals surface area contributed by atoms with E-state index in [0.717, 1.165) is 0 Å². The summed E-state index contributed by atoms with van der Waals surface area (Å²) in [6.45, 7) is 3.73. The number of amides is 3. The number of nitrogens with one attached hydrogen (secondary N) is 2. The van der Waals surface area contributed by atoms with Gasteiger partial charge in [0, 0.05) is 17.6 Å². The van der Waals surface area contributed by atoms with E-state index in [0.29, 0.717) is 28.3 Å². The van der Waals surface area contributed by atoms with Crippen LogP contribution >= 0.6 is 11.6 Å². The Kier molecular flexibility index (Phi) is 4.91. The van der Waals surface area contributed by atoms with Gasteiger partial charge in [0.05, 0.1) is 22.5 Å². The predicted molar refractivity (Wildman–Crippen MR) is 121 cm³/mol. The zero-order chi connectivity index (χ0) is 23.7. The fourth-order valence-electron chi connectivity index (χ4n) is 5.56. The number of fused-ring (bicyclic) bond motifs is 4. The molecular weight excluding hydrogens is 446 g/mol. The number of phenols is 2. The molecule has 9 heteroatoms. The average molecular weight is 470 g/mol. The number of nitrogens with zero attached hydrogens (tertiary/aromatic N) is 1. The van der Waals surface area contributed by atoms with E-state index in [1.165, 1.54) is 17.0 Å². The Morgan fingerprint density at radius 2 is 1.88 bits per heavy atom. The van der Waals surface area contributed by atoms with Crippen molar-refractivity contribution in [2.45, 2.75) is 44.3 Å². The molecule has 5 atom stereocenters. The summed E-state index contributed by atoms with van der Waals surface area (Å²) in [5, 5.41) is 26.1. The van der Waals surface area contributed by atoms with Crippen LogP contribution in [0.4, 0.5) is 5.69 Å². The zero-order valence-electron chi connectivity index (χ0n) is 18.1. The summed E-state index contributed by atoms with van der Waals surface area (Å²) in [6.07, 6.45) is 0.871. The molecule has 0 saturated carbocycles. The Bertz CT molecular complexity index is 1200. The molecule has 2 saturated heterocycles. The Morgan fingerprint density at radius 3 is 2.58 bits per heavy atom. The molecule has 33 heavy (non-hydrogen) atoms. The number of aromatic hydroxyl groups is 2. The molecule has 3 heterocycles. The van der Waals surface area contributed by atoms with E-state index in [-0.39, 0.29) is 35.8 Å². The number of carbonyl (C=O) groups is 3.